The van der Waals surface area contributed by atoms with Gasteiger partial charge in [0.1, 0.15) is 0 Å². The number of esters is 1. The number of piperazine rings is 1. The molecule has 37 heavy (non-hydrogen) atoms. The van der Waals surface area contributed by atoms with E-state index in [4.69, 9.17) is 39.5 Å². The Hall–Kier alpha value is -2.78. The number of rotatable bonds is 6. The smallest absolute Gasteiger partial charge is 0.338 e. The third kappa shape index (κ3) is 5.72. The maximum absolute atomic E-state index is 13.2. The highest BCUT2D eigenvalue weighted by molar-refractivity contribution is 6.42. The van der Waals surface area contributed by atoms with Crippen molar-refractivity contribution in [2.24, 2.45) is 0 Å². The summed E-state index contributed by atoms with van der Waals surface area (Å²) in [7, 11) is 1.61. The molecular formula is C26H27Cl3N4O4. The molecule has 4 rings (SSSR count). The molecule has 196 valence electrons. The molecule has 0 saturated carbocycles. The molecule has 1 atom stereocenters. The molecule has 2 heterocycles. The zero-order chi connectivity index (χ0) is 26.7. The van der Waals surface area contributed by atoms with Crippen LogP contribution in [-0.4, -0.2) is 79.0 Å². The second-order valence-electron chi connectivity index (χ2n) is 8.71. The zero-order valence-electron chi connectivity index (χ0n) is 20.5. The molecule has 8 nitrogen and oxygen atoms in total. The van der Waals surface area contributed by atoms with Crippen molar-refractivity contribution < 1.29 is 19.1 Å². The number of likely N-dealkylation sites (N-methyl/N-ethyl adjacent to an activating group) is 1. The van der Waals surface area contributed by atoms with Gasteiger partial charge in [0.15, 0.2) is 0 Å². The Balaban J connectivity index is 1.60. The summed E-state index contributed by atoms with van der Waals surface area (Å²) < 4.78 is 5.38. The van der Waals surface area contributed by atoms with Crippen LogP contribution in [0.4, 0.5) is 4.79 Å². The van der Waals surface area contributed by atoms with Gasteiger partial charge in [0.05, 0.1) is 38.9 Å². The third-order valence-corrected chi connectivity index (χ3v) is 7.66. The van der Waals surface area contributed by atoms with Crippen LogP contribution in [0.3, 0.4) is 0 Å². The van der Waals surface area contributed by atoms with Gasteiger partial charge in [-0.05, 0) is 30.7 Å². The number of halogens is 3. The first-order valence-corrected chi connectivity index (χ1v) is 13.0. The van der Waals surface area contributed by atoms with E-state index < -0.39 is 12.0 Å². The minimum absolute atomic E-state index is 0.124. The molecule has 0 aliphatic carbocycles. The highest BCUT2D eigenvalue weighted by atomic mass is 35.5. The molecule has 1 unspecified atom stereocenters. The Morgan fingerprint density at radius 3 is 2.35 bits per heavy atom. The first kappa shape index (κ1) is 27.3. The summed E-state index contributed by atoms with van der Waals surface area (Å²) >= 11 is 18.9. The second-order valence-corrected chi connectivity index (χ2v) is 9.91. The molecule has 2 aromatic carbocycles. The predicted octanol–water partition coefficient (Wildman–Crippen LogP) is 4.62. The minimum Gasteiger partial charge on any atom is -0.463 e. The normalized spacial score (nSPS) is 18.6. The summed E-state index contributed by atoms with van der Waals surface area (Å²) in [5.74, 6) is -0.667. The fourth-order valence-electron chi connectivity index (χ4n) is 4.50. The summed E-state index contributed by atoms with van der Waals surface area (Å²) in [5, 5.41) is 3.84. The molecule has 2 aliphatic heterocycles. The van der Waals surface area contributed by atoms with Gasteiger partial charge in [0, 0.05) is 45.5 Å². The van der Waals surface area contributed by atoms with E-state index in [1.165, 1.54) is 4.90 Å². The van der Waals surface area contributed by atoms with E-state index >= 15 is 0 Å². The number of urea groups is 1. The van der Waals surface area contributed by atoms with Gasteiger partial charge in [-0.15, -0.1) is 0 Å². The number of amides is 3. The molecule has 2 aromatic rings. The number of ether oxygens (including phenoxy) is 1. The van der Waals surface area contributed by atoms with Crippen LogP contribution in [0.2, 0.25) is 15.1 Å². The quantitative estimate of drug-likeness (QED) is 0.517. The Morgan fingerprint density at radius 2 is 1.68 bits per heavy atom. The van der Waals surface area contributed by atoms with Crippen molar-refractivity contribution in [3.8, 4) is 0 Å². The van der Waals surface area contributed by atoms with Crippen molar-refractivity contribution >= 4 is 52.7 Å². The molecule has 1 N–H and O–H groups in total. The van der Waals surface area contributed by atoms with Gasteiger partial charge >= 0.3 is 12.0 Å². The fourth-order valence-corrected chi connectivity index (χ4v) is 5.13. The lowest BCUT2D eigenvalue weighted by molar-refractivity contribution is -0.139. The van der Waals surface area contributed by atoms with Crippen molar-refractivity contribution in [1.82, 2.24) is 20.0 Å². The summed E-state index contributed by atoms with van der Waals surface area (Å²) in [5.41, 5.74) is 1.78. The van der Waals surface area contributed by atoms with Gasteiger partial charge < -0.3 is 15.0 Å². The van der Waals surface area contributed by atoms with Gasteiger partial charge in [-0.2, -0.15) is 0 Å². The van der Waals surface area contributed by atoms with E-state index in [2.05, 4.69) is 10.2 Å². The lowest BCUT2D eigenvalue weighted by Gasteiger charge is -2.39. The van der Waals surface area contributed by atoms with Gasteiger partial charge in [-0.1, -0.05) is 59.1 Å². The molecule has 0 spiro atoms. The molecule has 3 amide bonds. The average Bonchev–Trinajstić information content (AvgIpc) is 2.88. The highest BCUT2D eigenvalue weighted by Gasteiger charge is 2.39. The summed E-state index contributed by atoms with van der Waals surface area (Å²) in [6.45, 7) is 4.26. The Labute approximate surface area is 230 Å². The first-order valence-electron chi connectivity index (χ1n) is 11.9. The SMILES string of the molecule is CCOC(=O)C1=C(CN2CCN(C(=O)c3ccccc3Cl)CC2)N(C)C(=O)NC1c1cccc(Cl)c1Cl. The van der Waals surface area contributed by atoms with E-state index in [1.807, 2.05) is 0 Å². The van der Waals surface area contributed by atoms with Crippen LogP contribution in [0.5, 0.6) is 0 Å². The molecule has 0 aromatic heterocycles. The number of nitrogens with one attached hydrogen (secondary N) is 1. The van der Waals surface area contributed by atoms with E-state index in [0.29, 0.717) is 65.2 Å². The van der Waals surface area contributed by atoms with Gasteiger partial charge in [0.2, 0.25) is 0 Å². The zero-order valence-corrected chi connectivity index (χ0v) is 22.7. The number of hydrogen-bond acceptors (Lipinski definition) is 5. The summed E-state index contributed by atoms with van der Waals surface area (Å²) in [4.78, 5) is 44.4. The van der Waals surface area contributed by atoms with Crippen LogP contribution in [0.25, 0.3) is 0 Å². The minimum atomic E-state index is -0.827. The van der Waals surface area contributed by atoms with Crippen LogP contribution in [-0.2, 0) is 9.53 Å². The standard InChI is InChI=1S/C26H27Cl3N4O4/c1-3-37-25(35)21-20(31(2)26(36)30-23(21)17-8-6-10-19(28)22(17)29)15-32-11-13-33(14-12-32)24(34)16-7-4-5-9-18(16)27/h4-10,23H,3,11-15H2,1-2H3,(H,30,36). The van der Waals surface area contributed by atoms with E-state index in [-0.39, 0.29) is 23.6 Å². The number of hydrogen-bond donors (Lipinski definition) is 1. The Bertz CT molecular complexity index is 1240. The van der Waals surface area contributed by atoms with Crippen LogP contribution >= 0.6 is 34.8 Å². The number of carbonyl (C=O) groups excluding carboxylic acids is 3. The van der Waals surface area contributed by atoms with E-state index in [9.17, 15) is 14.4 Å². The lowest BCUT2D eigenvalue weighted by atomic mass is 9.94. The van der Waals surface area contributed by atoms with Crippen molar-refractivity contribution in [3.63, 3.8) is 0 Å². The van der Waals surface area contributed by atoms with Crippen LogP contribution in [0.1, 0.15) is 28.9 Å². The highest BCUT2D eigenvalue weighted by Crippen LogP contribution is 2.37. The Kier molecular flexibility index (Phi) is 8.64. The van der Waals surface area contributed by atoms with Crippen molar-refractivity contribution in [1.29, 1.82) is 0 Å². The maximum Gasteiger partial charge on any atom is 0.338 e. The van der Waals surface area contributed by atoms with Crippen LogP contribution in [0, 0.1) is 0 Å². The van der Waals surface area contributed by atoms with Crippen LogP contribution in [0.15, 0.2) is 53.7 Å². The van der Waals surface area contributed by atoms with Crippen molar-refractivity contribution in [2.75, 3.05) is 46.4 Å². The number of nitrogens with zero attached hydrogens (tertiary/aromatic N) is 3. The molecule has 11 heteroatoms. The lowest BCUT2D eigenvalue weighted by Crippen LogP contribution is -2.53. The van der Waals surface area contributed by atoms with Gasteiger partial charge in [-0.3, -0.25) is 14.6 Å². The molecule has 2 aliphatic rings. The first-order chi connectivity index (χ1) is 17.7. The monoisotopic (exact) mass is 564 g/mol. The number of carbonyl (C=O) groups is 3. The summed E-state index contributed by atoms with van der Waals surface area (Å²) in [6, 6.07) is 10.8. The van der Waals surface area contributed by atoms with Crippen LogP contribution < -0.4 is 5.32 Å². The van der Waals surface area contributed by atoms with Gasteiger partial charge in [0.25, 0.3) is 5.91 Å². The van der Waals surface area contributed by atoms with Crippen molar-refractivity contribution in [2.45, 2.75) is 13.0 Å². The largest absolute Gasteiger partial charge is 0.463 e. The molecule has 0 bridgehead atoms. The predicted molar refractivity (Wildman–Crippen MR) is 143 cm³/mol. The Morgan fingerprint density at radius 1 is 1.00 bits per heavy atom. The van der Waals surface area contributed by atoms with Crippen molar-refractivity contribution in [3.05, 3.63) is 79.9 Å². The molecular weight excluding hydrogens is 539 g/mol. The third-order valence-electron chi connectivity index (χ3n) is 6.50. The molecule has 1 saturated heterocycles. The topological polar surface area (TPSA) is 82.2 Å². The average molecular weight is 566 g/mol. The second kappa shape index (κ2) is 11.7. The fraction of sp³-hybridized carbons (Fsp3) is 0.346. The van der Waals surface area contributed by atoms with E-state index in [0.717, 1.165) is 0 Å². The molecule has 1 fully saturated rings. The summed E-state index contributed by atoms with van der Waals surface area (Å²) in [6.07, 6.45) is 0. The number of benzene rings is 2. The van der Waals surface area contributed by atoms with Gasteiger partial charge in [-0.25, -0.2) is 9.59 Å². The maximum atomic E-state index is 13.2. The van der Waals surface area contributed by atoms with E-state index in [1.54, 1.807) is 61.3 Å². The molecule has 0 radical (unpaired) electrons.